The van der Waals surface area contributed by atoms with E-state index in [0.717, 1.165) is 18.4 Å². The normalized spacial score (nSPS) is 27.0. The molecule has 0 bridgehead atoms. The molecule has 0 amide bonds. The molecule has 3 rings (SSSR count). The second kappa shape index (κ2) is 7.58. The van der Waals surface area contributed by atoms with E-state index in [1.54, 1.807) is 7.05 Å². The highest BCUT2D eigenvalue weighted by Crippen LogP contribution is 2.34. The summed E-state index contributed by atoms with van der Waals surface area (Å²) in [5.74, 6) is 0.128. The molecule has 138 valence electrons. The lowest BCUT2D eigenvalue weighted by Gasteiger charge is -2.47. The van der Waals surface area contributed by atoms with Gasteiger partial charge in [-0.15, -0.1) is 0 Å². The van der Waals surface area contributed by atoms with E-state index >= 15 is 0 Å². The first-order valence-corrected chi connectivity index (χ1v) is 10.8. The minimum Gasteiger partial charge on any atom is -0.395 e. The van der Waals surface area contributed by atoms with Gasteiger partial charge in [0.1, 0.15) is 0 Å². The first-order chi connectivity index (χ1) is 11.9. The summed E-state index contributed by atoms with van der Waals surface area (Å²) in [5.41, 5.74) is 3.86. The molecule has 2 N–H and O–H groups in total. The molecular formula is C19H28N2O3S. The van der Waals surface area contributed by atoms with E-state index in [0.29, 0.717) is 6.54 Å². The lowest BCUT2D eigenvalue weighted by Crippen LogP contribution is -2.64. The van der Waals surface area contributed by atoms with Crippen LogP contribution in [0.2, 0.25) is 0 Å². The molecule has 1 heterocycles. The van der Waals surface area contributed by atoms with Crippen LogP contribution in [0, 0.1) is 0 Å². The predicted octanol–water partition coefficient (Wildman–Crippen LogP) is 1.95. The summed E-state index contributed by atoms with van der Waals surface area (Å²) in [4.78, 5) is 0. The molecule has 6 heteroatoms. The Morgan fingerprint density at radius 2 is 1.92 bits per heavy atom. The molecule has 5 nitrogen and oxygen atoms in total. The molecular weight excluding hydrogens is 336 g/mol. The van der Waals surface area contributed by atoms with Gasteiger partial charge in [0.25, 0.3) is 0 Å². The van der Waals surface area contributed by atoms with Crippen molar-refractivity contribution in [2.24, 2.45) is 0 Å². The fourth-order valence-corrected chi connectivity index (χ4v) is 4.30. The van der Waals surface area contributed by atoms with Gasteiger partial charge < -0.3 is 10.4 Å². The number of allylic oxidation sites excluding steroid dienone is 2. The van der Waals surface area contributed by atoms with E-state index in [9.17, 15) is 13.5 Å². The zero-order chi connectivity index (χ0) is 18.0. The van der Waals surface area contributed by atoms with Gasteiger partial charge in [-0.05, 0) is 42.4 Å². The Morgan fingerprint density at radius 3 is 2.48 bits per heavy atom. The quantitative estimate of drug-likeness (QED) is 0.809. The van der Waals surface area contributed by atoms with Gasteiger partial charge in [-0.25, -0.2) is 12.7 Å². The van der Waals surface area contributed by atoms with E-state index in [-0.39, 0.29) is 24.6 Å². The van der Waals surface area contributed by atoms with Crippen LogP contribution >= 0.6 is 0 Å². The van der Waals surface area contributed by atoms with Gasteiger partial charge in [-0.1, -0.05) is 30.3 Å². The summed E-state index contributed by atoms with van der Waals surface area (Å²) in [7, 11) is -1.61. The maximum Gasteiger partial charge on any atom is 0.211 e. The molecule has 1 saturated heterocycles. The Bertz CT molecular complexity index is 728. The standard InChI is InChI=1S/C19H28N2O3S/c1-21(25(2,23)24)12-17-19(18(13-22)20-17)16-10-8-15(9-11-16)14-6-4-3-5-7-14/h6,8-11,17-20,22H,3-5,7,12-13H2,1-2H3/t17-,18-,19+/m0/s1. The number of rotatable bonds is 6. The first-order valence-electron chi connectivity index (χ1n) is 8.97. The monoisotopic (exact) mass is 364 g/mol. The van der Waals surface area contributed by atoms with Crippen LogP contribution in [-0.2, 0) is 10.0 Å². The van der Waals surface area contributed by atoms with Gasteiger partial charge in [0.2, 0.25) is 10.0 Å². The van der Waals surface area contributed by atoms with Gasteiger partial charge in [0.05, 0.1) is 12.9 Å². The molecule has 0 spiro atoms. The van der Waals surface area contributed by atoms with Crippen molar-refractivity contribution in [1.29, 1.82) is 0 Å². The van der Waals surface area contributed by atoms with Crippen molar-refractivity contribution in [3.05, 3.63) is 41.5 Å². The molecule has 0 radical (unpaired) electrons. The van der Waals surface area contributed by atoms with Crippen molar-refractivity contribution in [3.63, 3.8) is 0 Å². The number of hydrogen-bond donors (Lipinski definition) is 2. The van der Waals surface area contributed by atoms with Crippen molar-refractivity contribution < 1.29 is 13.5 Å². The zero-order valence-corrected chi connectivity index (χ0v) is 15.8. The molecule has 1 aliphatic carbocycles. The summed E-state index contributed by atoms with van der Waals surface area (Å²) >= 11 is 0. The van der Waals surface area contributed by atoms with Crippen molar-refractivity contribution in [3.8, 4) is 0 Å². The Morgan fingerprint density at radius 1 is 1.20 bits per heavy atom. The van der Waals surface area contributed by atoms with Crippen LogP contribution in [-0.4, -0.2) is 56.4 Å². The average Bonchev–Trinajstić information content (AvgIpc) is 2.58. The summed E-state index contributed by atoms with van der Waals surface area (Å²) < 4.78 is 24.7. The lowest BCUT2D eigenvalue weighted by atomic mass is 9.77. The van der Waals surface area contributed by atoms with E-state index in [4.69, 9.17) is 0 Å². The Kier molecular flexibility index (Phi) is 5.63. The van der Waals surface area contributed by atoms with E-state index in [2.05, 4.69) is 35.7 Å². The summed E-state index contributed by atoms with van der Waals surface area (Å²) in [5, 5.41) is 12.9. The highest BCUT2D eigenvalue weighted by molar-refractivity contribution is 7.88. The minimum atomic E-state index is -3.20. The molecule has 2 aliphatic rings. The second-order valence-corrected chi connectivity index (χ2v) is 9.32. The fraction of sp³-hybridized carbons (Fsp3) is 0.579. The highest BCUT2D eigenvalue weighted by Gasteiger charge is 2.42. The van der Waals surface area contributed by atoms with Gasteiger partial charge in [0, 0.05) is 31.6 Å². The number of sulfonamides is 1. The summed E-state index contributed by atoms with van der Waals surface area (Å²) in [6.07, 6.45) is 8.40. The van der Waals surface area contributed by atoms with Gasteiger partial charge in [-0.3, -0.25) is 0 Å². The third kappa shape index (κ3) is 4.14. The SMILES string of the molecule is CN(C[C@@H]1N[C@@H](CO)[C@@H]1c1ccc(C2=CCCCC2)cc1)S(C)(=O)=O. The number of benzene rings is 1. The highest BCUT2D eigenvalue weighted by atomic mass is 32.2. The number of likely N-dealkylation sites (N-methyl/N-ethyl adjacent to an activating group) is 1. The van der Waals surface area contributed by atoms with E-state index < -0.39 is 10.0 Å². The predicted molar refractivity (Wildman–Crippen MR) is 101 cm³/mol. The number of aliphatic hydroxyl groups excluding tert-OH is 1. The van der Waals surface area contributed by atoms with Crippen LogP contribution in [0.15, 0.2) is 30.3 Å². The van der Waals surface area contributed by atoms with Crippen molar-refractivity contribution in [2.75, 3.05) is 26.5 Å². The van der Waals surface area contributed by atoms with Gasteiger partial charge in [0.15, 0.2) is 0 Å². The topological polar surface area (TPSA) is 69.6 Å². The maximum atomic E-state index is 11.7. The van der Waals surface area contributed by atoms with Gasteiger partial charge in [-0.2, -0.15) is 0 Å². The molecule has 1 aromatic carbocycles. The molecule has 0 unspecified atom stereocenters. The van der Waals surface area contributed by atoms with Crippen LogP contribution in [0.3, 0.4) is 0 Å². The smallest absolute Gasteiger partial charge is 0.211 e. The molecule has 0 aromatic heterocycles. The van der Waals surface area contributed by atoms with Crippen LogP contribution in [0.1, 0.15) is 42.7 Å². The summed E-state index contributed by atoms with van der Waals surface area (Å²) in [6, 6.07) is 8.60. The van der Waals surface area contributed by atoms with Crippen LogP contribution in [0.25, 0.3) is 5.57 Å². The average molecular weight is 365 g/mol. The molecule has 1 fully saturated rings. The third-order valence-corrected chi connectivity index (χ3v) is 6.75. The number of hydrogen-bond acceptors (Lipinski definition) is 4. The minimum absolute atomic E-state index is 0.0160. The molecule has 1 aliphatic heterocycles. The summed E-state index contributed by atoms with van der Waals surface area (Å²) in [6.45, 7) is 0.462. The van der Waals surface area contributed by atoms with Gasteiger partial charge >= 0.3 is 0 Å². The van der Waals surface area contributed by atoms with Crippen molar-refractivity contribution >= 4 is 15.6 Å². The van der Waals surface area contributed by atoms with E-state index in [1.165, 1.54) is 34.5 Å². The van der Waals surface area contributed by atoms with Crippen LogP contribution < -0.4 is 5.32 Å². The Hall–Kier alpha value is -1.21. The van der Waals surface area contributed by atoms with Crippen LogP contribution in [0.4, 0.5) is 0 Å². The number of nitrogens with zero attached hydrogens (tertiary/aromatic N) is 1. The third-order valence-electron chi connectivity index (χ3n) is 5.47. The fourth-order valence-electron chi connectivity index (χ4n) is 3.87. The molecule has 3 atom stereocenters. The Labute approximate surface area is 150 Å². The zero-order valence-electron chi connectivity index (χ0n) is 15.0. The molecule has 25 heavy (non-hydrogen) atoms. The lowest BCUT2D eigenvalue weighted by molar-refractivity contribution is 0.118. The second-order valence-electron chi connectivity index (χ2n) is 7.23. The first kappa shape index (κ1) is 18.6. The van der Waals surface area contributed by atoms with Crippen molar-refractivity contribution in [2.45, 2.75) is 43.7 Å². The maximum absolute atomic E-state index is 11.7. The van der Waals surface area contributed by atoms with Crippen molar-refractivity contribution in [1.82, 2.24) is 9.62 Å². The molecule has 1 aromatic rings. The largest absolute Gasteiger partial charge is 0.395 e. The Balaban J connectivity index is 1.74. The molecule has 0 saturated carbocycles. The number of nitrogens with one attached hydrogen (secondary N) is 1. The van der Waals surface area contributed by atoms with E-state index in [1.807, 2.05) is 0 Å². The number of aliphatic hydroxyl groups is 1. The van der Waals surface area contributed by atoms with Crippen LogP contribution in [0.5, 0.6) is 0 Å².